The molecule has 4 nitrogen and oxygen atoms in total. The van der Waals surface area contributed by atoms with Crippen molar-refractivity contribution in [2.24, 2.45) is 0 Å². The van der Waals surface area contributed by atoms with Gasteiger partial charge in [0, 0.05) is 21.9 Å². The van der Waals surface area contributed by atoms with E-state index in [-0.39, 0.29) is 11.6 Å². The maximum Gasteiger partial charge on any atom is 0.248 e. The molecule has 0 saturated heterocycles. The summed E-state index contributed by atoms with van der Waals surface area (Å²) in [6, 6.07) is 11.3. The van der Waals surface area contributed by atoms with Gasteiger partial charge in [-0.15, -0.1) is 0 Å². The maximum absolute atomic E-state index is 11.4. The van der Waals surface area contributed by atoms with Gasteiger partial charge in [0.05, 0.1) is 17.7 Å². The number of aromatic nitrogens is 1. The lowest BCUT2D eigenvalue weighted by Gasteiger charge is -2.27. The van der Waals surface area contributed by atoms with Crippen molar-refractivity contribution in [3.8, 4) is 6.07 Å². The average Bonchev–Trinajstić information content (AvgIpc) is 2.49. The van der Waals surface area contributed by atoms with Crippen LogP contribution in [-0.2, 0) is 6.42 Å². The number of hydrogen-bond donors (Lipinski definition) is 2. The minimum absolute atomic E-state index is 0.0473. The second-order valence-electron chi connectivity index (χ2n) is 5.15. The molecular weight excluding hydrogens is 330 g/mol. The van der Waals surface area contributed by atoms with Crippen LogP contribution in [-0.4, -0.2) is 4.98 Å². The number of H-pyrrole nitrogens is 1. The molecular formula is C16H14BrN3O. The predicted molar refractivity (Wildman–Crippen MR) is 85.2 cm³/mol. The van der Waals surface area contributed by atoms with E-state index in [0.29, 0.717) is 5.56 Å². The van der Waals surface area contributed by atoms with Crippen LogP contribution in [0.3, 0.4) is 0 Å². The van der Waals surface area contributed by atoms with Crippen molar-refractivity contribution in [3.05, 3.63) is 62.0 Å². The molecule has 3 rings (SSSR count). The highest BCUT2D eigenvalue weighted by atomic mass is 79.9. The first kappa shape index (κ1) is 13.9. The molecule has 2 aromatic rings. The highest BCUT2D eigenvalue weighted by Crippen LogP contribution is 2.33. The lowest BCUT2D eigenvalue weighted by Crippen LogP contribution is -2.21. The Hall–Kier alpha value is -2.06. The third-order valence-electron chi connectivity index (χ3n) is 3.76. The van der Waals surface area contributed by atoms with Crippen LogP contribution in [0.15, 0.2) is 39.6 Å². The fourth-order valence-corrected chi connectivity index (χ4v) is 3.23. The topological polar surface area (TPSA) is 68.7 Å². The SMILES string of the molecule is N#Cc1ccc(NC2CCCc3[nH]c(=O)ccc32)c(Br)c1. The van der Waals surface area contributed by atoms with Crippen LogP contribution in [0.1, 0.15) is 35.7 Å². The number of benzene rings is 1. The van der Waals surface area contributed by atoms with Crippen molar-refractivity contribution < 1.29 is 0 Å². The standard InChI is InChI=1S/C16H14BrN3O/c17-12-8-10(9-18)4-6-15(12)19-13-2-1-3-14-11(13)5-7-16(21)20-14/h4-8,13,19H,1-3H2,(H,20,21). The van der Waals surface area contributed by atoms with Crippen LogP contribution in [0.4, 0.5) is 5.69 Å². The Morgan fingerprint density at radius 3 is 2.95 bits per heavy atom. The molecule has 106 valence electrons. The lowest BCUT2D eigenvalue weighted by molar-refractivity contribution is 0.586. The summed E-state index contributed by atoms with van der Waals surface area (Å²) in [5.41, 5.74) is 3.71. The Kier molecular flexibility index (Phi) is 3.80. The molecule has 1 aromatic carbocycles. The Morgan fingerprint density at radius 1 is 1.33 bits per heavy atom. The first-order valence-electron chi connectivity index (χ1n) is 6.85. The van der Waals surface area contributed by atoms with Gasteiger partial charge in [-0.05, 0) is 65.0 Å². The first-order chi connectivity index (χ1) is 10.2. The monoisotopic (exact) mass is 343 g/mol. The number of pyridine rings is 1. The summed E-state index contributed by atoms with van der Waals surface area (Å²) in [7, 11) is 0. The van der Waals surface area contributed by atoms with Gasteiger partial charge in [-0.2, -0.15) is 5.26 Å². The number of fused-ring (bicyclic) bond motifs is 1. The summed E-state index contributed by atoms with van der Waals surface area (Å²) >= 11 is 3.49. The number of anilines is 1. The predicted octanol–water partition coefficient (Wildman–Crippen LogP) is 3.50. The number of nitrogens with zero attached hydrogens (tertiary/aromatic N) is 1. The minimum Gasteiger partial charge on any atom is -0.377 e. The van der Waals surface area contributed by atoms with Gasteiger partial charge < -0.3 is 10.3 Å². The second kappa shape index (κ2) is 5.74. The summed E-state index contributed by atoms with van der Waals surface area (Å²) in [6.07, 6.45) is 2.97. The quantitative estimate of drug-likeness (QED) is 0.876. The third kappa shape index (κ3) is 2.86. The normalized spacial score (nSPS) is 16.9. The van der Waals surface area contributed by atoms with Crippen molar-refractivity contribution in [3.63, 3.8) is 0 Å². The summed E-state index contributed by atoms with van der Waals surface area (Å²) < 4.78 is 0.873. The molecule has 0 aliphatic heterocycles. The number of rotatable bonds is 2. The van der Waals surface area contributed by atoms with Crippen molar-refractivity contribution in [1.29, 1.82) is 5.26 Å². The maximum atomic E-state index is 11.4. The largest absolute Gasteiger partial charge is 0.377 e. The molecule has 0 fully saturated rings. The van der Waals surface area contributed by atoms with Gasteiger partial charge in [-0.1, -0.05) is 0 Å². The fourth-order valence-electron chi connectivity index (χ4n) is 2.74. The minimum atomic E-state index is -0.0473. The summed E-state index contributed by atoms with van der Waals surface area (Å²) in [6.45, 7) is 0. The highest BCUT2D eigenvalue weighted by molar-refractivity contribution is 9.10. The highest BCUT2D eigenvalue weighted by Gasteiger charge is 2.21. The van der Waals surface area contributed by atoms with E-state index in [4.69, 9.17) is 5.26 Å². The molecule has 1 atom stereocenters. The third-order valence-corrected chi connectivity index (χ3v) is 4.42. The van der Waals surface area contributed by atoms with Gasteiger partial charge in [0.2, 0.25) is 5.56 Å². The zero-order valence-corrected chi connectivity index (χ0v) is 12.9. The number of aromatic amines is 1. The van der Waals surface area contributed by atoms with Crippen LogP contribution in [0.2, 0.25) is 0 Å². The van der Waals surface area contributed by atoms with E-state index < -0.39 is 0 Å². The second-order valence-corrected chi connectivity index (χ2v) is 6.01. The molecule has 2 N–H and O–H groups in total. The van der Waals surface area contributed by atoms with Gasteiger partial charge in [0.1, 0.15) is 0 Å². The summed E-state index contributed by atoms with van der Waals surface area (Å²) in [5.74, 6) is 0. The molecule has 1 heterocycles. The molecule has 21 heavy (non-hydrogen) atoms. The van der Waals surface area contributed by atoms with Crippen molar-refractivity contribution in [2.75, 3.05) is 5.32 Å². The van der Waals surface area contributed by atoms with Gasteiger partial charge in [-0.3, -0.25) is 4.79 Å². The van der Waals surface area contributed by atoms with E-state index in [1.165, 1.54) is 0 Å². The molecule has 1 aliphatic carbocycles. The number of hydrogen-bond acceptors (Lipinski definition) is 3. The molecule has 0 saturated carbocycles. The van der Waals surface area contributed by atoms with E-state index in [1.54, 1.807) is 18.2 Å². The van der Waals surface area contributed by atoms with Crippen LogP contribution < -0.4 is 10.9 Å². The van der Waals surface area contributed by atoms with Crippen LogP contribution in [0.5, 0.6) is 0 Å². The summed E-state index contributed by atoms with van der Waals surface area (Å²) in [5, 5.41) is 12.4. The van der Waals surface area contributed by atoms with E-state index in [0.717, 1.165) is 40.7 Å². The molecule has 0 spiro atoms. The van der Waals surface area contributed by atoms with Crippen molar-refractivity contribution >= 4 is 21.6 Å². The molecule has 5 heteroatoms. The molecule has 1 aliphatic rings. The lowest BCUT2D eigenvalue weighted by atomic mass is 9.91. The Bertz CT molecular complexity index is 776. The summed E-state index contributed by atoms with van der Waals surface area (Å²) in [4.78, 5) is 14.3. The number of aryl methyl sites for hydroxylation is 1. The Morgan fingerprint density at radius 2 is 2.19 bits per heavy atom. The van der Waals surface area contributed by atoms with Crippen molar-refractivity contribution in [1.82, 2.24) is 4.98 Å². The van der Waals surface area contributed by atoms with E-state index >= 15 is 0 Å². The number of halogens is 1. The van der Waals surface area contributed by atoms with E-state index in [1.807, 2.05) is 12.1 Å². The molecule has 1 aromatic heterocycles. The Labute approximate surface area is 130 Å². The molecule has 0 bridgehead atoms. The molecule has 0 amide bonds. The fraction of sp³-hybridized carbons (Fsp3) is 0.250. The number of nitrogens with one attached hydrogen (secondary N) is 2. The number of nitriles is 1. The smallest absolute Gasteiger partial charge is 0.248 e. The van der Waals surface area contributed by atoms with Gasteiger partial charge >= 0.3 is 0 Å². The zero-order valence-electron chi connectivity index (χ0n) is 11.3. The Balaban J connectivity index is 1.90. The van der Waals surface area contributed by atoms with E-state index in [2.05, 4.69) is 32.3 Å². The van der Waals surface area contributed by atoms with Gasteiger partial charge in [0.25, 0.3) is 0 Å². The van der Waals surface area contributed by atoms with Gasteiger partial charge in [0.15, 0.2) is 0 Å². The first-order valence-corrected chi connectivity index (χ1v) is 7.65. The van der Waals surface area contributed by atoms with Crippen molar-refractivity contribution in [2.45, 2.75) is 25.3 Å². The van der Waals surface area contributed by atoms with Crippen LogP contribution in [0.25, 0.3) is 0 Å². The molecule has 0 radical (unpaired) electrons. The molecule has 1 unspecified atom stereocenters. The van der Waals surface area contributed by atoms with E-state index in [9.17, 15) is 4.79 Å². The zero-order chi connectivity index (χ0) is 14.8. The van der Waals surface area contributed by atoms with Crippen LogP contribution >= 0.6 is 15.9 Å². The van der Waals surface area contributed by atoms with Gasteiger partial charge in [-0.25, -0.2) is 0 Å². The average molecular weight is 344 g/mol. The van der Waals surface area contributed by atoms with Crippen LogP contribution in [0, 0.1) is 11.3 Å².